The van der Waals surface area contributed by atoms with Crippen molar-refractivity contribution in [3.05, 3.63) is 59.9 Å². The number of rotatable bonds is 9. The number of hydrogen-bond acceptors (Lipinski definition) is 8. The Morgan fingerprint density at radius 2 is 1.77 bits per heavy atom. The number of oxazole rings is 1. The van der Waals surface area contributed by atoms with E-state index in [1.165, 1.54) is 0 Å². The minimum absolute atomic E-state index is 0.0320. The highest BCUT2D eigenvalue weighted by Gasteiger charge is 2.24. The van der Waals surface area contributed by atoms with Gasteiger partial charge in [0.1, 0.15) is 12.4 Å². The lowest BCUT2D eigenvalue weighted by Gasteiger charge is -2.25. The molecule has 10 heteroatoms. The molecular weight excluding hydrogens is 428 g/mol. The van der Waals surface area contributed by atoms with Crippen LogP contribution < -0.4 is 10.1 Å². The van der Waals surface area contributed by atoms with E-state index in [0.29, 0.717) is 24.1 Å². The van der Waals surface area contributed by atoms with Gasteiger partial charge >= 0.3 is 0 Å². The zero-order valence-corrected chi connectivity index (χ0v) is 18.5. The van der Waals surface area contributed by atoms with Crippen LogP contribution in [0.25, 0.3) is 0 Å². The number of sulfone groups is 1. The minimum atomic E-state index is -3.47. The highest BCUT2D eigenvalue weighted by atomic mass is 35.5. The largest absolute Gasteiger partial charge is 0.486 e. The van der Waals surface area contributed by atoms with Crippen LogP contribution in [0.3, 0.4) is 0 Å². The molecule has 0 spiro atoms. The summed E-state index contributed by atoms with van der Waals surface area (Å²) < 4.78 is 34.2. The Bertz CT molecular complexity index is 1080. The Morgan fingerprint density at radius 1 is 1.10 bits per heavy atom. The first-order chi connectivity index (χ1) is 14.2. The van der Waals surface area contributed by atoms with Crippen LogP contribution in [0.5, 0.6) is 5.75 Å². The average molecular weight is 451 g/mol. The van der Waals surface area contributed by atoms with Crippen LogP contribution in [-0.2, 0) is 21.9 Å². The molecule has 0 fully saturated rings. The minimum Gasteiger partial charge on any atom is -0.486 e. The van der Waals surface area contributed by atoms with E-state index >= 15 is 0 Å². The third-order valence-corrected chi connectivity index (χ3v) is 5.88. The second kappa shape index (κ2) is 9.01. The van der Waals surface area contributed by atoms with Crippen LogP contribution in [0.1, 0.15) is 30.7 Å². The summed E-state index contributed by atoms with van der Waals surface area (Å²) in [6, 6.07) is 7.55. The summed E-state index contributed by atoms with van der Waals surface area (Å²) in [5, 5.41) is 2.93. The quantitative estimate of drug-likeness (QED) is 0.494. The number of benzene rings is 1. The van der Waals surface area contributed by atoms with Crippen molar-refractivity contribution in [2.75, 3.05) is 24.0 Å². The summed E-state index contributed by atoms with van der Waals surface area (Å²) in [6.45, 7) is 4.74. The van der Waals surface area contributed by atoms with E-state index in [-0.39, 0.29) is 22.8 Å². The normalized spacial score (nSPS) is 12.0. The first-order valence-corrected chi connectivity index (χ1v) is 11.6. The van der Waals surface area contributed by atoms with Crippen LogP contribution in [0.2, 0.25) is 0 Å². The average Bonchev–Trinajstić information content (AvgIpc) is 3.21. The number of halogens is 1. The lowest BCUT2D eigenvalue weighted by Crippen LogP contribution is -2.20. The number of nitrogens with one attached hydrogen (secondary N) is 1. The Kier molecular flexibility index (Phi) is 6.62. The summed E-state index contributed by atoms with van der Waals surface area (Å²) in [5.74, 6) is 1.78. The second-order valence-corrected chi connectivity index (χ2v) is 9.51. The van der Waals surface area contributed by atoms with Crippen LogP contribution in [0.15, 0.2) is 52.5 Å². The smallest absolute Gasteiger partial charge is 0.222 e. The van der Waals surface area contributed by atoms with Crippen molar-refractivity contribution in [3.8, 4) is 5.75 Å². The molecule has 3 rings (SSSR count). The maximum Gasteiger partial charge on any atom is 0.222 e. The SMILES string of the molecule is CC(C)(c1ccc(OCc2ocnc2S(C)(=O)=O)cc1)c1cnc(NCCCl)nc1. The molecule has 0 bridgehead atoms. The van der Waals surface area contributed by atoms with Gasteiger partial charge in [-0.25, -0.2) is 23.4 Å². The lowest BCUT2D eigenvalue weighted by molar-refractivity contribution is 0.265. The van der Waals surface area contributed by atoms with Gasteiger partial charge in [0.15, 0.2) is 27.0 Å². The van der Waals surface area contributed by atoms with E-state index in [4.69, 9.17) is 20.8 Å². The maximum atomic E-state index is 11.7. The van der Waals surface area contributed by atoms with E-state index < -0.39 is 9.84 Å². The molecule has 0 saturated heterocycles. The van der Waals surface area contributed by atoms with Crippen LogP contribution in [-0.4, -0.2) is 42.1 Å². The van der Waals surface area contributed by atoms with Crippen molar-refractivity contribution < 1.29 is 17.6 Å². The molecule has 8 nitrogen and oxygen atoms in total. The van der Waals surface area contributed by atoms with Crippen LogP contribution in [0.4, 0.5) is 5.95 Å². The van der Waals surface area contributed by atoms with Gasteiger partial charge in [0.2, 0.25) is 5.95 Å². The molecule has 2 aromatic heterocycles. The molecule has 0 aliphatic carbocycles. The fraction of sp³-hybridized carbons (Fsp3) is 0.350. The summed E-state index contributed by atoms with van der Waals surface area (Å²) in [6.07, 6.45) is 5.77. The number of aromatic nitrogens is 3. The zero-order chi connectivity index (χ0) is 21.8. The molecule has 0 amide bonds. The van der Waals surface area contributed by atoms with Crippen LogP contribution in [0, 0.1) is 0 Å². The molecule has 0 aliphatic rings. The second-order valence-electron chi connectivity index (χ2n) is 7.20. The highest BCUT2D eigenvalue weighted by molar-refractivity contribution is 7.90. The molecule has 30 heavy (non-hydrogen) atoms. The first kappa shape index (κ1) is 22.0. The van der Waals surface area contributed by atoms with Gasteiger partial charge in [0, 0.05) is 36.5 Å². The van der Waals surface area contributed by atoms with E-state index in [9.17, 15) is 8.42 Å². The van der Waals surface area contributed by atoms with E-state index in [0.717, 1.165) is 23.8 Å². The number of anilines is 1. The monoisotopic (exact) mass is 450 g/mol. The van der Waals surface area contributed by atoms with Crippen molar-refractivity contribution in [2.45, 2.75) is 30.9 Å². The lowest BCUT2D eigenvalue weighted by atomic mass is 9.79. The molecule has 1 aromatic carbocycles. The Hall–Kier alpha value is -2.65. The van der Waals surface area contributed by atoms with Gasteiger partial charge in [-0.05, 0) is 23.3 Å². The highest BCUT2D eigenvalue weighted by Crippen LogP contribution is 2.32. The van der Waals surface area contributed by atoms with Gasteiger partial charge in [0.25, 0.3) is 0 Å². The third-order valence-electron chi connectivity index (χ3n) is 4.65. The topological polar surface area (TPSA) is 107 Å². The predicted octanol–water partition coefficient (Wildman–Crippen LogP) is 3.42. The van der Waals surface area contributed by atoms with Gasteiger partial charge in [0.05, 0.1) is 0 Å². The fourth-order valence-corrected chi connectivity index (χ4v) is 3.69. The molecule has 0 aliphatic heterocycles. The Balaban J connectivity index is 1.69. The molecule has 2 heterocycles. The maximum absolute atomic E-state index is 11.7. The van der Waals surface area contributed by atoms with Crippen molar-refractivity contribution >= 4 is 27.4 Å². The van der Waals surface area contributed by atoms with Crippen molar-refractivity contribution in [2.24, 2.45) is 0 Å². The van der Waals surface area contributed by atoms with Crippen LogP contribution >= 0.6 is 11.6 Å². The third kappa shape index (κ3) is 5.09. The summed E-state index contributed by atoms with van der Waals surface area (Å²) in [4.78, 5) is 12.4. The van der Waals surface area contributed by atoms with Gasteiger partial charge in [-0.1, -0.05) is 26.0 Å². The Labute approximate surface area is 180 Å². The number of hydrogen-bond donors (Lipinski definition) is 1. The predicted molar refractivity (Wildman–Crippen MR) is 114 cm³/mol. The van der Waals surface area contributed by atoms with Crippen molar-refractivity contribution in [3.63, 3.8) is 0 Å². The van der Waals surface area contributed by atoms with Gasteiger partial charge < -0.3 is 14.5 Å². The van der Waals surface area contributed by atoms with Crippen molar-refractivity contribution in [1.82, 2.24) is 15.0 Å². The summed E-state index contributed by atoms with van der Waals surface area (Å²) in [5.41, 5.74) is 1.70. The number of nitrogens with zero attached hydrogens (tertiary/aromatic N) is 3. The zero-order valence-electron chi connectivity index (χ0n) is 16.9. The van der Waals surface area contributed by atoms with Crippen molar-refractivity contribution in [1.29, 1.82) is 0 Å². The number of ether oxygens (including phenoxy) is 1. The molecular formula is C20H23ClN4O4S. The summed E-state index contributed by atoms with van der Waals surface area (Å²) in [7, 11) is -3.47. The number of alkyl halides is 1. The van der Waals surface area contributed by atoms with E-state index in [1.54, 1.807) is 12.4 Å². The molecule has 160 valence electrons. The molecule has 0 unspecified atom stereocenters. The standard InChI is InChI=1S/C20H23ClN4O4S/c1-20(2,15-10-23-19(24-11-15)22-9-8-21)14-4-6-16(7-5-14)28-12-17-18(25-13-29-17)30(3,26)27/h4-7,10-11,13H,8-9,12H2,1-3H3,(H,22,23,24). The fourth-order valence-electron chi connectivity index (χ4n) is 2.84. The molecule has 0 atom stereocenters. The van der Waals surface area contributed by atoms with Gasteiger partial charge in [-0.15, -0.1) is 11.6 Å². The molecule has 1 N–H and O–H groups in total. The molecule has 0 saturated carbocycles. The molecule has 0 radical (unpaired) electrons. The Morgan fingerprint density at radius 3 is 2.37 bits per heavy atom. The van der Waals surface area contributed by atoms with Gasteiger partial charge in [-0.2, -0.15) is 0 Å². The van der Waals surface area contributed by atoms with Gasteiger partial charge in [-0.3, -0.25) is 0 Å². The van der Waals surface area contributed by atoms with E-state index in [1.807, 2.05) is 24.3 Å². The summed E-state index contributed by atoms with van der Waals surface area (Å²) >= 11 is 5.66. The van der Waals surface area contributed by atoms with E-state index in [2.05, 4.69) is 34.1 Å². The first-order valence-electron chi connectivity index (χ1n) is 9.20. The molecule has 3 aromatic rings.